The third-order valence-corrected chi connectivity index (χ3v) is 2.14. The summed E-state index contributed by atoms with van der Waals surface area (Å²) in [5.41, 5.74) is 6.39. The van der Waals surface area contributed by atoms with E-state index in [1.807, 2.05) is 27.1 Å². The van der Waals surface area contributed by atoms with Gasteiger partial charge in [-0.3, -0.25) is 0 Å². The van der Waals surface area contributed by atoms with Gasteiger partial charge in [0.05, 0.1) is 7.11 Å². The molecule has 0 aromatic heterocycles. The summed E-state index contributed by atoms with van der Waals surface area (Å²) in [6.07, 6.45) is 0.0886. The van der Waals surface area contributed by atoms with Gasteiger partial charge < -0.3 is 20.1 Å². The topological polar surface area (TPSA) is 47.7 Å². The molecular formula is C12H20N2O2. The van der Waals surface area contributed by atoms with Crippen molar-refractivity contribution >= 4 is 5.69 Å². The van der Waals surface area contributed by atoms with Crippen LogP contribution in [-0.4, -0.2) is 38.8 Å². The summed E-state index contributed by atoms with van der Waals surface area (Å²) in [5.74, 6) is 1.40. The van der Waals surface area contributed by atoms with Crippen LogP contribution in [0.4, 0.5) is 5.69 Å². The first-order valence-electron chi connectivity index (χ1n) is 5.28. The number of nitrogens with zero attached hydrogens (tertiary/aromatic N) is 1. The Kier molecular flexibility index (Phi) is 4.43. The predicted molar refractivity (Wildman–Crippen MR) is 66.1 cm³/mol. The predicted octanol–water partition coefficient (Wildman–Crippen LogP) is 1.61. The van der Waals surface area contributed by atoms with Crippen LogP contribution in [0.1, 0.15) is 6.92 Å². The van der Waals surface area contributed by atoms with Crippen molar-refractivity contribution in [2.24, 2.45) is 0 Å². The smallest absolute Gasteiger partial charge is 0.163 e. The van der Waals surface area contributed by atoms with Crippen LogP contribution in [0.2, 0.25) is 0 Å². The van der Waals surface area contributed by atoms with Gasteiger partial charge in [0.25, 0.3) is 0 Å². The maximum atomic E-state index is 5.78. The van der Waals surface area contributed by atoms with Gasteiger partial charge in [-0.15, -0.1) is 0 Å². The van der Waals surface area contributed by atoms with Gasteiger partial charge >= 0.3 is 0 Å². The average Bonchev–Trinajstić information content (AvgIpc) is 2.16. The lowest BCUT2D eigenvalue weighted by Crippen LogP contribution is -2.28. The molecule has 90 valence electrons. The fourth-order valence-corrected chi connectivity index (χ4v) is 1.55. The molecule has 0 spiro atoms. The van der Waals surface area contributed by atoms with Crippen molar-refractivity contribution in [3.05, 3.63) is 18.2 Å². The van der Waals surface area contributed by atoms with E-state index in [1.54, 1.807) is 19.2 Å². The van der Waals surface area contributed by atoms with Gasteiger partial charge in [-0.05, 0) is 33.2 Å². The van der Waals surface area contributed by atoms with E-state index in [1.165, 1.54) is 0 Å². The Morgan fingerprint density at radius 3 is 2.56 bits per heavy atom. The molecule has 0 heterocycles. The molecule has 0 aliphatic rings. The second-order valence-corrected chi connectivity index (χ2v) is 4.10. The summed E-state index contributed by atoms with van der Waals surface area (Å²) >= 11 is 0. The summed E-state index contributed by atoms with van der Waals surface area (Å²) < 4.78 is 11.0. The second kappa shape index (κ2) is 5.61. The van der Waals surface area contributed by atoms with Crippen LogP contribution in [-0.2, 0) is 0 Å². The highest BCUT2D eigenvalue weighted by molar-refractivity contribution is 5.52. The molecular weight excluding hydrogens is 204 g/mol. The quantitative estimate of drug-likeness (QED) is 0.772. The molecule has 0 saturated heterocycles. The third-order valence-electron chi connectivity index (χ3n) is 2.14. The SMILES string of the molecule is COc1ccc(N)cc1OC(C)CN(C)C. The van der Waals surface area contributed by atoms with Gasteiger partial charge in [0.15, 0.2) is 11.5 Å². The van der Waals surface area contributed by atoms with Gasteiger partial charge in [-0.1, -0.05) is 0 Å². The van der Waals surface area contributed by atoms with Crippen molar-refractivity contribution in [3.8, 4) is 11.5 Å². The van der Waals surface area contributed by atoms with E-state index in [4.69, 9.17) is 15.2 Å². The summed E-state index contributed by atoms with van der Waals surface area (Å²) in [5, 5.41) is 0. The van der Waals surface area contributed by atoms with Crippen LogP contribution in [0, 0.1) is 0 Å². The van der Waals surface area contributed by atoms with Crippen molar-refractivity contribution in [1.29, 1.82) is 0 Å². The molecule has 0 amide bonds. The molecule has 1 atom stereocenters. The van der Waals surface area contributed by atoms with Gasteiger partial charge in [-0.25, -0.2) is 0 Å². The number of hydrogen-bond acceptors (Lipinski definition) is 4. The molecule has 1 rings (SSSR count). The van der Waals surface area contributed by atoms with E-state index < -0.39 is 0 Å². The first-order chi connectivity index (χ1) is 7.52. The first-order valence-corrected chi connectivity index (χ1v) is 5.28. The first kappa shape index (κ1) is 12.6. The number of ether oxygens (including phenoxy) is 2. The molecule has 0 aliphatic carbocycles. The van der Waals surface area contributed by atoms with Crippen molar-refractivity contribution in [2.75, 3.05) is 33.5 Å². The van der Waals surface area contributed by atoms with Gasteiger partial charge in [0, 0.05) is 18.3 Å². The molecule has 2 N–H and O–H groups in total. The van der Waals surface area contributed by atoms with Crippen LogP contribution in [0.25, 0.3) is 0 Å². The zero-order valence-electron chi connectivity index (χ0n) is 10.4. The Bertz CT molecular complexity index is 340. The van der Waals surface area contributed by atoms with Gasteiger partial charge in [-0.2, -0.15) is 0 Å². The van der Waals surface area contributed by atoms with E-state index in [0.29, 0.717) is 17.2 Å². The highest BCUT2D eigenvalue weighted by Gasteiger charge is 2.10. The number of hydrogen-bond donors (Lipinski definition) is 1. The Hall–Kier alpha value is -1.42. The van der Waals surface area contributed by atoms with E-state index in [-0.39, 0.29) is 6.10 Å². The van der Waals surface area contributed by atoms with E-state index >= 15 is 0 Å². The van der Waals surface area contributed by atoms with Gasteiger partial charge in [0.2, 0.25) is 0 Å². The fraction of sp³-hybridized carbons (Fsp3) is 0.500. The zero-order chi connectivity index (χ0) is 12.1. The molecule has 0 bridgehead atoms. The van der Waals surface area contributed by atoms with Gasteiger partial charge in [0.1, 0.15) is 6.10 Å². The molecule has 0 radical (unpaired) electrons. The van der Waals surface area contributed by atoms with Crippen molar-refractivity contribution < 1.29 is 9.47 Å². The number of nitrogen functional groups attached to an aromatic ring is 1. The number of benzene rings is 1. The van der Waals surface area contributed by atoms with E-state index in [2.05, 4.69) is 4.90 Å². The summed E-state index contributed by atoms with van der Waals surface area (Å²) in [7, 11) is 5.64. The summed E-state index contributed by atoms with van der Waals surface area (Å²) in [6.45, 7) is 2.86. The molecule has 0 saturated carbocycles. The van der Waals surface area contributed by atoms with Crippen LogP contribution in [0.5, 0.6) is 11.5 Å². The molecule has 0 aliphatic heterocycles. The zero-order valence-corrected chi connectivity index (χ0v) is 10.4. The summed E-state index contributed by atoms with van der Waals surface area (Å²) in [6, 6.07) is 5.39. The lowest BCUT2D eigenvalue weighted by molar-refractivity contribution is 0.171. The number of methoxy groups -OCH3 is 1. The maximum absolute atomic E-state index is 5.78. The van der Waals surface area contributed by atoms with Crippen molar-refractivity contribution in [3.63, 3.8) is 0 Å². The minimum atomic E-state index is 0.0886. The largest absolute Gasteiger partial charge is 0.493 e. The maximum Gasteiger partial charge on any atom is 0.163 e. The third kappa shape index (κ3) is 3.62. The Morgan fingerprint density at radius 2 is 2.00 bits per heavy atom. The Balaban J connectivity index is 2.74. The minimum absolute atomic E-state index is 0.0886. The van der Waals surface area contributed by atoms with Crippen LogP contribution >= 0.6 is 0 Å². The number of likely N-dealkylation sites (N-methyl/N-ethyl adjacent to an activating group) is 1. The molecule has 1 unspecified atom stereocenters. The monoisotopic (exact) mass is 224 g/mol. The second-order valence-electron chi connectivity index (χ2n) is 4.10. The standard InChI is InChI=1S/C12H20N2O2/c1-9(8-14(2)3)16-12-7-10(13)5-6-11(12)15-4/h5-7,9H,8,13H2,1-4H3. The van der Waals surface area contributed by atoms with E-state index in [0.717, 1.165) is 6.54 Å². The average molecular weight is 224 g/mol. The van der Waals surface area contributed by atoms with Crippen LogP contribution in [0.3, 0.4) is 0 Å². The molecule has 1 aromatic carbocycles. The van der Waals surface area contributed by atoms with E-state index in [9.17, 15) is 0 Å². The number of nitrogens with two attached hydrogens (primary N) is 1. The lowest BCUT2D eigenvalue weighted by atomic mass is 10.2. The summed E-state index contributed by atoms with van der Waals surface area (Å²) in [4.78, 5) is 2.07. The highest BCUT2D eigenvalue weighted by atomic mass is 16.5. The Labute approximate surface area is 96.9 Å². The fourth-order valence-electron chi connectivity index (χ4n) is 1.55. The molecule has 16 heavy (non-hydrogen) atoms. The molecule has 4 heteroatoms. The van der Waals surface area contributed by atoms with Crippen LogP contribution < -0.4 is 15.2 Å². The Morgan fingerprint density at radius 1 is 1.31 bits per heavy atom. The normalized spacial score (nSPS) is 12.6. The number of anilines is 1. The van der Waals surface area contributed by atoms with Crippen molar-refractivity contribution in [2.45, 2.75) is 13.0 Å². The molecule has 1 aromatic rings. The molecule has 0 fully saturated rings. The lowest BCUT2D eigenvalue weighted by Gasteiger charge is -2.20. The number of rotatable bonds is 5. The van der Waals surface area contributed by atoms with Crippen molar-refractivity contribution in [1.82, 2.24) is 4.90 Å². The highest BCUT2D eigenvalue weighted by Crippen LogP contribution is 2.29. The minimum Gasteiger partial charge on any atom is -0.493 e. The molecule has 4 nitrogen and oxygen atoms in total. The van der Waals surface area contributed by atoms with Crippen LogP contribution in [0.15, 0.2) is 18.2 Å².